The zero-order valence-electron chi connectivity index (χ0n) is 9.96. The molecule has 0 fully saturated rings. The van der Waals surface area contributed by atoms with Crippen LogP contribution in [0.4, 0.5) is 0 Å². The molecule has 0 N–H and O–H groups in total. The third-order valence-corrected chi connectivity index (χ3v) is 2.86. The van der Waals surface area contributed by atoms with Crippen LogP contribution < -0.4 is 0 Å². The lowest BCUT2D eigenvalue weighted by Crippen LogP contribution is -2.05. The molecule has 0 saturated heterocycles. The summed E-state index contributed by atoms with van der Waals surface area (Å²) in [5.41, 5.74) is 1.79. The number of carbonyl (C=O) groups is 1. The molecule has 0 aliphatic rings. The van der Waals surface area contributed by atoms with Crippen molar-refractivity contribution in [2.75, 3.05) is 7.11 Å². The highest BCUT2D eigenvalue weighted by molar-refractivity contribution is 5.89. The molecule has 0 spiro atoms. The molecule has 0 aliphatic carbocycles. The molecule has 0 bridgehead atoms. The van der Waals surface area contributed by atoms with E-state index in [9.17, 15) is 4.79 Å². The van der Waals surface area contributed by atoms with Gasteiger partial charge in [0.2, 0.25) is 0 Å². The molecule has 1 atom stereocenters. The second-order valence-corrected chi connectivity index (χ2v) is 3.93. The topological polar surface area (TPSA) is 31.2 Å². The summed E-state index contributed by atoms with van der Waals surface area (Å²) < 4.78 is 6.68. The highest BCUT2D eigenvalue weighted by Gasteiger charge is 2.11. The third-order valence-electron chi connectivity index (χ3n) is 2.86. The molecule has 2 rings (SSSR count). The summed E-state index contributed by atoms with van der Waals surface area (Å²) in [6.45, 7) is 2.09. The molecule has 1 heterocycles. The molecule has 1 aromatic carbocycles. The van der Waals surface area contributed by atoms with Gasteiger partial charge in [0, 0.05) is 12.4 Å². The van der Waals surface area contributed by atoms with Gasteiger partial charge >= 0.3 is 5.97 Å². The molecule has 1 aromatic heterocycles. The monoisotopic (exact) mass is 229 g/mol. The highest BCUT2D eigenvalue weighted by Crippen LogP contribution is 2.18. The lowest BCUT2D eigenvalue weighted by molar-refractivity contribution is 0.0600. The largest absolute Gasteiger partial charge is 0.465 e. The summed E-state index contributed by atoms with van der Waals surface area (Å²) in [5, 5.41) is 0. The van der Waals surface area contributed by atoms with Crippen LogP contribution in [0.1, 0.15) is 28.9 Å². The first-order valence-corrected chi connectivity index (χ1v) is 5.53. The van der Waals surface area contributed by atoms with Crippen LogP contribution in [-0.4, -0.2) is 17.6 Å². The van der Waals surface area contributed by atoms with E-state index in [4.69, 9.17) is 0 Å². The van der Waals surface area contributed by atoms with Crippen molar-refractivity contribution >= 4 is 5.97 Å². The van der Waals surface area contributed by atoms with Gasteiger partial charge in [-0.25, -0.2) is 4.79 Å². The maximum atomic E-state index is 11.4. The average Bonchev–Trinajstić information content (AvgIpc) is 2.87. The van der Waals surface area contributed by atoms with Crippen LogP contribution in [0.15, 0.2) is 48.8 Å². The normalized spacial score (nSPS) is 12.1. The predicted molar refractivity (Wildman–Crippen MR) is 66.0 cm³/mol. The molecule has 0 unspecified atom stereocenters. The van der Waals surface area contributed by atoms with E-state index < -0.39 is 0 Å². The molecule has 2 aromatic rings. The first-order chi connectivity index (χ1) is 8.22. The minimum atomic E-state index is -0.302. The lowest BCUT2D eigenvalue weighted by Gasteiger charge is -2.13. The molecule has 0 radical (unpaired) electrons. The Labute approximate surface area is 101 Å². The van der Waals surface area contributed by atoms with E-state index in [0.717, 1.165) is 0 Å². The molecular weight excluding hydrogens is 214 g/mol. The first-order valence-electron chi connectivity index (χ1n) is 5.53. The number of carbonyl (C=O) groups excluding carboxylic acids is 1. The van der Waals surface area contributed by atoms with Crippen molar-refractivity contribution < 1.29 is 9.53 Å². The van der Waals surface area contributed by atoms with Crippen LogP contribution in [0, 0.1) is 0 Å². The van der Waals surface area contributed by atoms with Gasteiger partial charge in [0.15, 0.2) is 0 Å². The fraction of sp³-hybridized carbons (Fsp3) is 0.214. The standard InChI is InChI=1S/C14H15NO2/c1-11(12-6-4-3-5-7-12)15-9-8-13(10-15)14(16)17-2/h3-11H,1-2H3/t11-/m0/s1. The Balaban J connectivity index is 2.23. The van der Waals surface area contributed by atoms with Crippen molar-refractivity contribution in [1.29, 1.82) is 0 Å². The van der Waals surface area contributed by atoms with Gasteiger partial charge in [0.25, 0.3) is 0 Å². The van der Waals surface area contributed by atoms with Gasteiger partial charge < -0.3 is 9.30 Å². The average molecular weight is 229 g/mol. The van der Waals surface area contributed by atoms with Gasteiger partial charge in [-0.05, 0) is 18.6 Å². The number of hydrogen-bond donors (Lipinski definition) is 0. The van der Waals surface area contributed by atoms with Gasteiger partial charge in [0.05, 0.1) is 18.7 Å². The molecular formula is C14H15NO2. The van der Waals surface area contributed by atoms with Gasteiger partial charge in [-0.3, -0.25) is 0 Å². The maximum absolute atomic E-state index is 11.4. The second kappa shape index (κ2) is 4.87. The lowest BCUT2D eigenvalue weighted by atomic mass is 10.1. The van der Waals surface area contributed by atoms with E-state index in [1.54, 1.807) is 6.07 Å². The Morgan fingerprint density at radius 2 is 1.94 bits per heavy atom. The zero-order chi connectivity index (χ0) is 12.3. The summed E-state index contributed by atoms with van der Waals surface area (Å²) in [7, 11) is 1.39. The predicted octanol–water partition coefficient (Wildman–Crippen LogP) is 2.88. The number of esters is 1. The number of aromatic nitrogens is 1. The van der Waals surface area contributed by atoms with Crippen LogP contribution in [0.5, 0.6) is 0 Å². The Morgan fingerprint density at radius 3 is 2.59 bits per heavy atom. The Kier molecular flexibility index (Phi) is 3.28. The molecule has 17 heavy (non-hydrogen) atoms. The summed E-state index contributed by atoms with van der Waals surface area (Å²) in [4.78, 5) is 11.4. The van der Waals surface area contributed by atoms with Crippen molar-refractivity contribution in [3.8, 4) is 0 Å². The van der Waals surface area contributed by atoms with Crippen LogP contribution in [0.3, 0.4) is 0 Å². The van der Waals surface area contributed by atoms with Gasteiger partial charge in [0.1, 0.15) is 0 Å². The van der Waals surface area contributed by atoms with Gasteiger partial charge in [-0.15, -0.1) is 0 Å². The van der Waals surface area contributed by atoms with Gasteiger partial charge in [-0.2, -0.15) is 0 Å². The minimum Gasteiger partial charge on any atom is -0.465 e. The van der Waals surface area contributed by atoms with E-state index in [0.29, 0.717) is 5.56 Å². The van der Waals surface area contributed by atoms with Crippen LogP contribution in [-0.2, 0) is 4.74 Å². The smallest absolute Gasteiger partial charge is 0.339 e. The van der Waals surface area contributed by atoms with Crippen molar-refractivity contribution in [2.45, 2.75) is 13.0 Å². The molecule has 0 amide bonds. The Morgan fingerprint density at radius 1 is 1.24 bits per heavy atom. The number of nitrogens with zero attached hydrogens (tertiary/aromatic N) is 1. The van der Waals surface area contributed by atoms with Crippen molar-refractivity contribution in [2.24, 2.45) is 0 Å². The van der Waals surface area contributed by atoms with E-state index in [1.165, 1.54) is 12.7 Å². The van der Waals surface area contributed by atoms with Crippen molar-refractivity contribution in [3.05, 3.63) is 59.9 Å². The summed E-state index contributed by atoms with van der Waals surface area (Å²) >= 11 is 0. The highest BCUT2D eigenvalue weighted by atomic mass is 16.5. The number of rotatable bonds is 3. The SMILES string of the molecule is COC(=O)c1ccn([C@@H](C)c2ccccc2)c1. The van der Waals surface area contributed by atoms with Crippen molar-refractivity contribution in [3.63, 3.8) is 0 Å². The minimum absolute atomic E-state index is 0.203. The number of benzene rings is 1. The molecule has 0 aliphatic heterocycles. The fourth-order valence-corrected chi connectivity index (χ4v) is 1.80. The molecule has 0 saturated carbocycles. The molecule has 3 heteroatoms. The summed E-state index contributed by atoms with van der Waals surface area (Å²) in [6.07, 6.45) is 3.70. The van der Waals surface area contributed by atoms with Crippen LogP contribution in [0.2, 0.25) is 0 Å². The first kappa shape index (κ1) is 11.5. The van der Waals surface area contributed by atoms with Crippen LogP contribution in [0.25, 0.3) is 0 Å². The molecule has 88 valence electrons. The zero-order valence-corrected chi connectivity index (χ0v) is 9.96. The summed E-state index contributed by atoms with van der Waals surface area (Å²) in [6, 6.07) is 12.1. The second-order valence-electron chi connectivity index (χ2n) is 3.93. The van der Waals surface area contributed by atoms with E-state index in [1.807, 2.05) is 35.2 Å². The number of hydrogen-bond acceptors (Lipinski definition) is 2. The van der Waals surface area contributed by atoms with Gasteiger partial charge in [-0.1, -0.05) is 30.3 Å². The van der Waals surface area contributed by atoms with E-state index in [-0.39, 0.29) is 12.0 Å². The number of methoxy groups -OCH3 is 1. The van der Waals surface area contributed by atoms with E-state index in [2.05, 4.69) is 23.8 Å². The summed E-state index contributed by atoms with van der Waals surface area (Å²) in [5.74, 6) is -0.302. The maximum Gasteiger partial charge on any atom is 0.339 e. The Bertz CT molecular complexity index is 502. The molecule has 3 nitrogen and oxygen atoms in total. The fourth-order valence-electron chi connectivity index (χ4n) is 1.80. The van der Waals surface area contributed by atoms with Crippen molar-refractivity contribution in [1.82, 2.24) is 4.57 Å². The Hall–Kier alpha value is -2.03. The van der Waals surface area contributed by atoms with Crippen LogP contribution >= 0.6 is 0 Å². The quantitative estimate of drug-likeness (QED) is 0.758. The third kappa shape index (κ3) is 2.38. The number of ether oxygens (including phenoxy) is 1. The van der Waals surface area contributed by atoms with E-state index >= 15 is 0 Å².